The van der Waals surface area contributed by atoms with Gasteiger partial charge in [-0.05, 0) is 106 Å². The third kappa shape index (κ3) is 5.99. The second-order valence-electron chi connectivity index (χ2n) is 19.1. The second-order valence-corrected chi connectivity index (χ2v) is 19.1. The molecule has 0 N–H and O–H groups in total. The van der Waals surface area contributed by atoms with E-state index in [1.54, 1.807) is 0 Å². The van der Waals surface area contributed by atoms with Gasteiger partial charge in [-0.1, -0.05) is 132 Å². The van der Waals surface area contributed by atoms with Gasteiger partial charge in [0.1, 0.15) is 24.7 Å². The third-order valence-corrected chi connectivity index (χ3v) is 11.1. The van der Waals surface area contributed by atoms with Crippen molar-refractivity contribution in [3.05, 3.63) is 126 Å². The average Bonchev–Trinajstić information content (AvgIpc) is 3.27. The van der Waals surface area contributed by atoms with Crippen LogP contribution in [-0.4, -0.2) is 0 Å². The Morgan fingerprint density at radius 2 is 0.542 bits per heavy atom. The lowest BCUT2D eigenvalue weighted by Gasteiger charge is -2.26. The number of hydrogen-bond donors (Lipinski definition) is 0. The average molecular weight is 641 g/mol. The third-order valence-electron chi connectivity index (χ3n) is 11.1. The van der Waals surface area contributed by atoms with Crippen LogP contribution >= 0.6 is 0 Å². The van der Waals surface area contributed by atoms with Gasteiger partial charge in [0.2, 0.25) is 0 Å². The fraction of sp³-hybridized carbons (Fsp3) is 0.478. The number of ether oxygens (including phenoxy) is 2. The van der Waals surface area contributed by atoms with Gasteiger partial charge < -0.3 is 9.47 Å². The van der Waals surface area contributed by atoms with Gasteiger partial charge in [-0.2, -0.15) is 0 Å². The van der Waals surface area contributed by atoms with Gasteiger partial charge in [0.05, 0.1) is 0 Å². The van der Waals surface area contributed by atoms with Gasteiger partial charge in [-0.3, -0.25) is 0 Å². The molecule has 0 fully saturated rings. The highest BCUT2D eigenvalue weighted by molar-refractivity contribution is 5.59. The second kappa shape index (κ2) is 11.0. The van der Waals surface area contributed by atoms with E-state index in [0.29, 0.717) is 13.2 Å². The molecule has 2 nitrogen and oxygen atoms in total. The van der Waals surface area contributed by atoms with Crippen LogP contribution in [0.3, 0.4) is 0 Å². The van der Waals surface area contributed by atoms with Crippen LogP contribution in [0, 0.1) is 0 Å². The van der Waals surface area contributed by atoms with Crippen LogP contribution in [0.2, 0.25) is 0 Å². The van der Waals surface area contributed by atoms with E-state index < -0.39 is 0 Å². The van der Waals surface area contributed by atoms with Crippen molar-refractivity contribution in [2.75, 3.05) is 0 Å². The molecule has 0 unspecified atom stereocenters. The molecule has 48 heavy (non-hydrogen) atoms. The van der Waals surface area contributed by atoms with E-state index in [-0.39, 0.29) is 21.7 Å². The summed E-state index contributed by atoms with van der Waals surface area (Å²) >= 11 is 0. The van der Waals surface area contributed by atoms with Crippen molar-refractivity contribution in [2.24, 2.45) is 0 Å². The number of rotatable bonds is 0. The van der Waals surface area contributed by atoms with Crippen LogP contribution in [0.1, 0.15) is 161 Å². The molecule has 7 rings (SSSR count). The van der Waals surface area contributed by atoms with Crippen molar-refractivity contribution in [3.8, 4) is 11.5 Å². The Labute approximate surface area is 290 Å². The van der Waals surface area contributed by atoms with Crippen LogP contribution in [0.25, 0.3) is 0 Å². The number of fused-ring (bicyclic) bond motifs is 2. The first-order valence-corrected chi connectivity index (χ1v) is 18.1. The molecule has 3 aliphatic heterocycles. The molecule has 0 aliphatic carbocycles. The summed E-state index contributed by atoms with van der Waals surface area (Å²) < 4.78 is 14.0. The van der Waals surface area contributed by atoms with Gasteiger partial charge in [0.25, 0.3) is 0 Å². The molecule has 3 aliphatic rings. The molecule has 4 bridgehead atoms. The first kappa shape index (κ1) is 33.0. The van der Waals surface area contributed by atoms with Crippen molar-refractivity contribution in [1.29, 1.82) is 0 Å². The predicted octanol–water partition coefficient (Wildman–Crippen LogP) is 11.3. The van der Waals surface area contributed by atoms with Crippen molar-refractivity contribution in [1.82, 2.24) is 0 Å². The lowest BCUT2D eigenvalue weighted by Crippen LogP contribution is -2.16. The van der Waals surface area contributed by atoms with E-state index in [0.717, 1.165) is 37.2 Å². The first-order chi connectivity index (χ1) is 22.3. The fourth-order valence-electron chi connectivity index (χ4n) is 7.84. The minimum Gasteiger partial charge on any atom is -0.488 e. The fourth-order valence-corrected chi connectivity index (χ4v) is 7.84. The van der Waals surface area contributed by atoms with Gasteiger partial charge in [0.15, 0.2) is 0 Å². The van der Waals surface area contributed by atoms with E-state index in [1.165, 1.54) is 77.9 Å². The van der Waals surface area contributed by atoms with Crippen molar-refractivity contribution >= 4 is 0 Å². The lowest BCUT2D eigenvalue weighted by molar-refractivity contribution is 0.297. The van der Waals surface area contributed by atoms with Gasteiger partial charge in [-0.15, -0.1) is 0 Å². The van der Waals surface area contributed by atoms with E-state index in [4.69, 9.17) is 9.47 Å². The SMILES string of the molecule is CC(C)(C)c1cc2c3c(c1)Cc1cc(C(C)(C)C)cc(c1OC3)Cc1cc(C(C)(C)C)cc3c1OCc1c(cc(C(C)(C)C)cc1C3)C2. The van der Waals surface area contributed by atoms with Crippen LogP contribution in [-0.2, 0) is 60.6 Å². The van der Waals surface area contributed by atoms with Crippen molar-refractivity contribution in [3.63, 3.8) is 0 Å². The standard InChI is InChI=1S/C46H56O2/c1-43(2,3)35-17-27-13-28-18-36(44(4,5)6)20-30-15-32-22-38(46(10,11)12)24-34(42(32)48-26-40(28)30)16-33-23-37(45(7,8)9)21-31-14-29(19-35)39(27)25-47-41(31)33/h17-24H,13-16,25-26H2,1-12H3. The topological polar surface area (TPSA) is 18.5 Å². The summed E-state index contributed by atoms with van der Waals surface area (Å²) in [7, 11) is 0. The Morgan fingerprint density at radius 1 is 0.333 bits per heavy atom. The van der Waals surface area contributed by atoms with Crippen LogP contribution in [0.15, 0.2) is 48.5 Å². The molecule has 0 saturated carbocycles. The number of hydrogen-bond acceptors (Lipinski definition) is 2. The highest BCUT2D eigenvalue weighted by Gasteiger charge is 2.31. The Balaban J connectivity index is 1.57. The number of benzene rings is 4. The van der Waals surface area contributed by atoms with Gasteiger partial charge in [0, 0.05) is 19.3 Å². The van der Waals surface area contributed by atoms with E-state index >= 15 is 0 Å². The molecule has 0 spiro atoms. The summed E-state index contributed by atoms with van der Waals surface area (Å²) in [6, 6.07) is 19.7. The summed E-state index contributed by atoms with van der Waals surface area (Å²) in [4.78, 5) is 0. The largest absolute Gasteiger partial charge is 0.488 e. The Hall–Kier alpha value is -3.52. The maximum Gasteiger partial charge on any atom is 0.126 e. The molecule has 0 atom stereocenters. The summed E-state index contributed by atoms with van der Waals surface area (Å²) in [5, 5.41) is 0. The monoisotopic (exact) mass is 640 g/mol. The molecule has 252 valence electrons. The molecule has 0 saturated heterocycles. The van der Waals surface area contributed by atoms with E-state index in [1.807, 2.05) is 0 Å². The van der Waals surface area contributed by atoms with Crippen molar-refractivity contribution in [2.45, 2.75) is 144 Å². The quantitative estimate of drug-likeness (QED) is 0.168. The maximum atomic E-state index is 7.02. The first-order valence-electron chi connectivity index (χ1n) is 18.1. The Kier molecular flexibility index (Phi) is 7.56. The van der Waals surface area contributed by atoms with Crippen molar-refractivity contribution < 1.29 is 9.47 Å². The van der Waals surface area contributed by atoms with E-state index in [2.05, 4.69) is 132 Å². The zero-order valence-corrected chi connectivity index (χ0v) is 31.7. The minimum atomic E-state index is 0.0163. The molecule has 0 amide bonds. The molecule has 0 radical (unpaired) electrons. The maximum absolute atomic E-state index is 7.02. The summed E-state index contributed by atoms with van der Waals surface area (Å²) in [5.74, 6) is 2.14. The zero-order chi connectivity index (χ0) is 34.6. The van der Waals surface area contributed by atoms with Crippen LogP contribution in [0.4, 0.5) is 0 Å². The summed E-state index contributed by atoms with van der Waals surface area (Å²) in [6.07, 6.45) is 3.42. The minimum absolute atomic E-state index is 0.0163. The van der Waals surface area contributed by atoms with Crippen LogP contribution < -0.4 is 9.47 Å². The van der Waals surface area contributed by atoms with E-state index in [9.17, 15) is 0 Å². The molecule has 4 aromatic rings. The summed E-state index contributed by atoms with van der Waals surface area (Å²) in [6.45, 7) is 29.3. The lowest BCUT2D eigenvalue weighted by atomic mass is 9.78. The highest BCUT2D eigenvalue weighted by Crippen LogP contribution is 2.44. The molecular formula is C46H56O2. The molecular weight excluding hydrogens is 585 g/mol. The van der Waals surface area contributed by atoms with Gasteiger partial charge >= 0.3 is 0 Å². The van der Waals surface area contributed by atoms with Crippen LogP contribution in [0.5, 0.6) is 11.5 Å². The Morgan fingerprint density at radius 3 is 0.792 bits per heavy atom. The summed E-state index contributed by atoms with van der Waals surface area (Å²) in [5.41, 5.74) is 19.1. The highest BCUT2D eigenvalue weighted by atomic mass is 16.5. The molecule has 3 heterocycles. The Bertz CT molecular complexity index is 1660. The smallest absolute Gasteiger partial charge is 0.126 e. The predicted molar refractivity (Wildman–Crippen MR) is 200 cm³/mol. The zero-order valence-electron chi connectivity index (χ0n) is 31.7. The van der Waals surface area contributed by atoms with Gasteiger partial charge in [-0.25, -0.2) is 0 Å². The molecule has 2 heteroatoms. The molecule has 4 aromatic carbocycles. The normalized spacial score (nSPS) is 15.8. The molecule has 0 aromatic heterocycles.